The van der Waals surface area contributed by atoms with Gasteiger partial charge in [-0.2, -0.15) is 0 Å². The van der Waals surface area contributed by atoms with E-state index in [4.69, 9.17) is 4.74 Å². The van der Waals surface area contributed by atoms with Gasteiger partial charge in [-0.05, 0) is 26.8 Å². The van der Waals surface area contributed by atoms with Gasteiger partial charge in [0.1, 0.15) is 0 Å². The number of allylic oxidation sites excluding steroid dienone is 1. The van der Waals surface area contributed by atoms with Gasteiger partial charge in [-0.25, -0.2) is 0 Å². The van der Waals surface area contributed by atoms with Crippen LogP contribution in [0.2, 0.25) is 0 Å². The van der Waals surface area contributed by atoms with Gasteiger partial charge in [0.25, 0.3) is 0 Å². The van der Waals surface area contributed by atoms with Crippen LogP contribution < -0.4 is 0 Å². The average Bonchev–Trinajstić information content (AvgIpc) is 2.04. The minimum absolute atomic E-state index is 0.642. The summed E-state index contributed by atoms with van der Waals surface area (Å²) in [7, 11) is 2.23. The van der Waals surface area contributed by atoms with Crippen LogP contribution in [0.4, 0.5) is 0 Å². The molecule has 0 aromatic carbocycles. The molecule has 2 heterocycles. The zero-order chi connectivity index (χ0) is 8.55. The fourth-order valence-corrected chi connectivity index (χ4v) is 2.20. The highest BCUT2D eigenvalue weighted by molar-refractivity contribution is 5.11. The summed E-state index contributed by atoms with van der Waals surface area (Å²) in [6.45, 7) is 3.99. The molecule has 12 heavy (non-hydrogen) atoms. The van der Waals surface area contributed by atoms with E-state index < -0.39 is 0 Å². The SMILES string of the molecule is CC=C1CC2COCC(C1)N2C. The quantitative estimate of drug-likeness (QED) is 0.506. The van der Waals surface area contributed by atoms with E-state index in [9.17, 15) is 0 Å². The van der Waals surface area contributed by atoms with Crippen molar-refractivity contribution in [2.24, 2.45) is 0 Å². The molecular weight excluding hydrogens is 150 g/mol. The zero-order valence-corrected chi connectivity index (χ0v) is 7.92. The van der Waals surface area contributed by atoms with Crippen LogP contribution in [0.15, 0.2) is 11.6 Å². The minimum atomic E-state index is 0.642. The Balaban J connectivity index is 2.12. The minimum Gasteiger partial charge on any atom is -0.378 e. The normalized spacial score (nSPS) is 36.7. The maximum atomic E-state index is 5.53. The van der Waals surface area contributed by atoms with Gasteiger partial charge in [0.2, 0.25) is 0 Å². The first-order valence-corrected chi connectivity index (χ1v) is 4.75. The Labute approximate surface area is 74.2 Å². The van der Waals surface area contributed by atoms with Crippen molar-refractivity contribution in [3.63, 3.8) is 0 Å². The smallest absolute Gasteiger partial charge is 0.0625 e. The first kappa shape index (κ1) is 8.27. The molecule has 0 N–H and O–H groups in total. The summed E-state index contributed by atoms with van der Waals surface area (Å²) in [6.07, 6.45) is 4.70. The number of nitrogens with zero attached hydrogens (tertiary/aromatic N) is 1. The predicted octanol–water partition coefficient (Wildman–Crippen LogP) is 1.43. The van der Waals surface area contributed by atoms with Gasteiger partial charge >= 0.3 is 0 Å². The first-order valence-electron chi connectivity index (χ1n) is 4.75. The Morgan fingerprint density at radius 1 is 1.33 bits per heavy atom. The molecule has 0 amide bonds. The van der Waals surface area contributed by atoms with Crippen molar-refractivity contribution in [2.45, 2.75) is 31.8 Å². The second kappa shape index (κ2) is 3.19. The molecule has 0 spiro atoms. The van der Waals surface area contributed by atoms with Crippen molar-refractivity contribution < 1.29 is 4.74 Å². The molecular formula is C10H17NO. The highest BCUT2D eigenvalue weighted by atomic mass is 16.5. The van der Waals surface area contributed by atoms with Crippen LogP contribution in [0.5, 0.6) is 0 Å². The lowest BCUT2D eigenvalue weighted by Crippen LogP contribution is -2.53. The van der Waals surface area contributed by atoms with E-state index in [1.54, 1.807) is 5.57 Å². The molecule has 68 valence electrons. The van der Waals surface area contributed by atoms with E-state index in [1.807, 2.05) is 0 Å². The highest BCUT2D eigenvalue weighted by Crippen LogP contribution is 2.29. The maximum absolute atomic E-state index is 5.53. The summed E-state index contributed by atoms with van der Waals surface area (Å²) in [5.41, 5.74) is 1.62. The van der Waals surface area contributed by atoms with Crippen LogP contribution in [-0.2, 0) is 4.74 Å². The summed E-state index contributed by atoms with van der Waals surface area (Å²) >= 11 is 0. The van der Waals surface area contributed by atoms with Crippen molar-refractivity contribution >= 4 is 0 Å². The lowest BCUT2D eigenvalue weighted by molar-refractivity contribution is -0.0475. The molecule has 2 aliphatic heterocycles. The van der Waals surface area contributed by atoms with E-state index in [2.05, 4.69) is 24.9 Å². The van der Waals surface area contributed by atoms with Crippen LogP contribution >= 0.6 is 0 Å². The van der Waals surface area contributed by atoms with Gasteiger partial charge in [0.15, 0.2) is 0 Å². The Morgan fingerprint density at radius 2 is 1.92 bits per heavy atom. The van der Waals surface area contributed by atoms with Gasteiger partial charge in [-0.3, -0.25) is 4.90 Å². The van der Waals surface area contributed by atoms with Gasteiger partial charge < -0.3 is 4.74 Å². The third-order valence-electron chi connectivity index (χ3n) is 3.18. The lowest BCUT2D eigenvalue weighted by atomic mass is 9.90. The molecule has 2 atom stereocenters. The summed E-state index contributed by atoms with van der Waals surface area (Å²) in [5.74, 6) is 0. The van der Waals surface area contributed by atoms with E-state index in [1.165, 1.54) is 12.8 Å². The van der Waals surface area contributed by atoms with E-state index in [-0.39, 0.29) is 0 Å². The predicted molar refractivity (Wildman–Crippen MR) is 49.1 cm³/mol. The maximum Gasteiger partial charge on any atom is 0.0625 e. The number of hydrogen-bond donors (Lipinski definition) is 0. The second-order valence-corrected chi connectivity index (χ2v) is 3.87. The number of ether oxygens (including phenoxy) is 1. The zero-order valence-electron chi connectivity index (χ0n) is 7.92. The van der Waals surface area contributed by atoms with Crippen molar-refractivity contribution in [2.75, 3.05) is 20.3 Å². The molecule has 2 rings (SSSR count). The largest absolute Gasteiger partial charge is 0.378 e. The molecule has 0 radical (unpaired) electrons. The molecule has 0 aromatic rings. The van der Waals surface area contributed by atoms with Gasteiger partial charge in [-0.1, -0.05) is 11.6 Å². The molecule has 2 aliphatic rings. The van der Waals surface area contributed by atoms with Crippen LogP contribution in [0.1, 0.15) is 19.8 Å². The summed E-state index contributed by atoms with van der Waals surface area (Å²) in [5, 5.41) is 0. The molecule has 2 fully saturated rings. The van der Waals surface area contributed by atoms with E-state index >= 15 is 0 Å². The number of rotatable bonds is 0. The third kappa shape index (κ3) is 1.29. The molecule has 0 saturated carbocycles. The number of piperidine rings is 1. The first-order chi connectivity index (χ1) is 5.81. The fourth-order valence-electron chi connectivity index (χ4n) is 2.20. The fraction of sp³-hybridized carbons (Fsp3) is 0.800. The van der Waals surface area contributed by atoms with Gasteiger partial charge in [0.05, 0.1) is 13.2 Å². The molecule has 2 nitrogen and oxygen atoms in total. The number of morpholine rings is 1. The number of likely N-dealkylation sites (N-methyl/N-ethyl adjacent to an activating group) is 1. The Morgan fingerprint density at radius 3 is 2.42 bits per heavy atom. The number of hydrogen-bond acceptors (Lipinski definition) is 2. The molecule has 0 aromatic heterocycles. The van der Waals surface area contributed by atoms with Gasteiger partial charge in [-0.15, -0.1) is 0 Å². The highest BCUT2D eigenvalue weighted by Gasteiger charge is 2.33. The molecule has 2 saturated heterocycles. The molecule has 2 unspecified atom stereocenters. The Hall–Kier alpha value is -0.340. The van der Waals surface area contributed by atoms with E-state index in [0.717, 1.165) is 13.2 Å². The second-order valence-electron chi connectivity index (χ2n) is 3.87. The average molecular weight is 167 g/mol. The van der Waals surface area contributed by atoms with Crippen LogP contribution in [0.25, 0.3) is 0 Å². The molecule has 2 bridgehead atoms. The number of fused-ring (bicyclic) bond motifs is 2. The van der Waals surface area contributed by atoms with E-state index in [0.29, 0.717) is 12.1 Å². The summed E-state index contributed by atoms with van der Waals surface area (Å²) in [4.78, 5) is 2.48. The lowest BCUT2D eigenvalue weighted by Gasteiger charge is -2.44. The van der Waals surface area contributed by atoms with Crippen LogP contribution in [0, 0.1) is 0 Å². The van der Waals surface area contributed by atoms with Gasteiger partial charge in [0, 0.05) is 12.1 Å². The molecule has 0 aliphatic carbocycles. The summed E-state index contributed by atoms with van der Waals surface area (Å²) in [6, 6.07) is 1.28. The Kier molecular flexibility index (Phi) is 2.20. The van der Waals surface area contributed by atoms with Crippen molar-refractivity contribution in [1.82, 2.24) is 4.90 Å². The monoisotopic (exact) mass is 167 g/mol. The Bertz CT molecular complexity index is 184. The standard InChI is InChI=1S/C10H17NO/c1-3-8-4-9-6-12-7-10(5-8)11(9)2/h3,9-10H,4-7H2,1-2H3. The van der Waals surface area contributed by atoms with Crippen LogP contribution in [0.3, 0.4) is 0 Å². The van der Waals surface area contributed by atoms with Crippen molar-refractivity contribution in [3.05, 3.63) is 11.6 Å². The van der Waals surface area contributed by atoms with Crippen molar-refractivity contribution in [3.8, 4) is 0 Å². The van der Waals surface area contributed by atoms with Crippen LogP contribution in [-0.4, -0.2) is 37.2 Å². The van der Waals surface area contributed by atoms with Crippen molar-refractivity contribution in [1.29, 1.82) is 0 Å². The molecule has 2 heteroatoms. The third-order valence-corrected chi connectivity index (χ3v) is 3.18. The summed E-state index contributed by atoms with van der Waals surface area (Å²) < 4.78 is 5.53. The topological polar surface area (TPSA) is 12.5 Å².